The van der Waals surface area contributed by atoms with E-state index in [1.165, 1.54) is 6.08 Å². The van der Waals surface area contributed by atoms with Gasteiger partial charge in [-0.05, 0) is 56.5 Å². The number of carbonyl (C=O) groups excluding carboxylic acids is 1. The first-order valence-electron chi connectivity index (χ1n) is 6.74. The van der Waals surface area contributed by atoms with Gasteiger partial charge >= 0.3 is 12.1 Å². The van der Waals surface area contributed by atoms with Crippen LogP contribution in [0.25, 0.3) is 16.5 Å². The summed E-state index contributed by atoms with van der Waals surface area (Å²) in [4.78, 5) is 25.3. The molecule has 0 unspecified atom stereocenters. The van der Waals surface area contributed by atoms with Crippen molar-refractivity contribution < 1.29 is 19.4 Å². The van der Waals surface area contributed by atoms with Crippen molar-refractivity contribution in [2.75, 3.05) is 5.32 Å². The number of aliphatic carboxylic acids is 1. The Morgan fingerprint density at radius 1 is 1.39 bits per heavy atom. The molecule has 0 aromatic heterocycles. The van der Waals surface area contributed by atoms with Crippen molar-refractivity contribution in [3.05, 3.63) is 45.5 Å². The average Bonchev–Trinajstić information content (AvgIpc) is 2.40. The normalized spacial score (nSPS) is 11.4. The minimum absolute atomic E-state index is 0.440. The molecule has 1 aromatic rings. The number of nitrogens with one attached hydrogen (secondary N) is 1. The van der Waals surface area contributed by atoms with E-state index in [0.717, 1.165) is 0 Å². The lowest BCUT2D eigenvalue weighted by Crippen LogP contribution is -2.27. The number of rotatable bonds is 4. The number of benzene rings is 1. The predicted molar refractivity (Wildman–Crippen MR) is 85.8 cm³/mol. The summed E-state index contributed by atoms with van der Waals surface area (Å²) in [5, 5.41) is 14.7. The highest BCUT2D eigenvalue weighted by Gasteiger charge is 2.17. The van der Waals surface area contributed by atoms with Crippen LogP contribution in [-0.4, -0.2) is 22.8 Å². The van der Waals surface area contributed by atoms with Gasteiger partial charge in [0, 0.05) is 10.6 Å². The van der Waals surface area contributed by atoms with Crippen LogP contribution in [0.1, 0.15) is 31.9 Å². The van der Waals surface area contributed by atoms with Crippen molar-refractivity contribution >= 4 is 23.8 Å². The number of nitrogens with zero attached hydrogens (tertiary/aromatic N) is 3. The van der Waals surface area contributed by atoms with Crippen molar-refractivity contribution in [2.45, 2.75) is 33.3 Å². The van der Waals surface area contributed by atoms with Crippen LogP contribution in [0.4, 0.5) is 10.5 Å². The fourth-order valence-corrected chi connectivity index (χ4v) is 1.69. The molecule has 0 heterocycles. The zero-order valence-corrected chi connectivity index (χ0v) is 13.3. The molecule has 1 amide bonds. The first-order chi connectivity index (χ1) is 10.6. The maximum Gasteiger partial charge on any atom is 0.412 e. The fourth-order valence-electron chi connectivity index (χ4n) is 1.69. The fraction of sp³-hybridized carbons (Fsp3) is 0.333. The Morgan fingerprint density at radius 2 is 2.04 bits per heavy atom. The third kappa shape index (κ3) is 5.72. The van der Waals surface area contributed by atoms with Crippen molar-refractivity contribution in [2.24, 2.45) is 5.11 Å². The second kappa shape index (κ2) is 7.33. The molecule has 0 saturated heterocycles. The summed E-state index contributed by atoms with van der Waals surface area (Å²) in [6.07, 6.45) is 0.618. The standard InChI is InChI=1S/C15H18N4O4/c1-9-10(8-12(13(20)21)18-19-16)6-5-7-11(9)17-14(22)23-15(2,3)4/h5-8H,1-4H3,(H,17,22)(H,20,21)/b12-8+. The van der Waals surface area contributed by atoms with Crippen LogP contribution < -0.4 is 5.32 Å². The van der Waals surface area contributed by atoms with Crippen molar-refractivity contribution in [1.29, 1.82) is 0 Å². The van der Waals surface area contributed by atoms with Gasteiger partial charge in [0.2, 0.25) is 0 Å². The van der Waals surface area contributed by atoms with Crippen molar-refractivity contribution in [3.8, 4) is 0 Å². The van der Waals surface area contributed by atoms with Crippen LogP contribution in [0.5, 0.6) is 0 Å². The zero-order chi connectivity index (χ0) is 17.6. The van der Waals surface area contributed by atoms with Gasteiger partial charge in [-0.3, -0.25) is 5.32 Å². The molecule has 8 heteroatoms. The first-order valence-corrected chi connectivity index (χ1v) is 6.74. The van der Waals surface area contributed by atoms with E-state index in [4.69, 9.17) is 15.4 Å². The number of amides is 1. The van der Waals surface area contributed by atoms with Gasteiger partial charge in [-0.25, -0.2) is 9.59 Å². The SMILES string of the molecule is Cc1c(/C=C(/N=[N+]=[N-])C(=O)O)cccc1NC(=O)OC(C)(C)C. The van der Waals surface area contributed by atoms with Gasteiger partial charge in [-0.2, -0.15) is 0 Å². The Kier molecular flexibility index (Phi) is 5.75. The molecule has 1 rings (SSSR count). The smallest absolute Gasteiger partial charge is 0.412 e. The Hall–Kier alpha value is -2.99. The third-order valence-corrected chi connectivity index (χ3v) is 2.68. The average molecular weight is 318 g/mol. The van der Waals surface area contributed by atoms with E-state index in [0.29, 0.717) is 16.8 Å². The van der Waals surface area contributed by atoms with E-state index in [9.17, 15) is 9.59 Å². The summed E-state index contributed by atoms with van der Waals surface area (Å²) in [5.74, 6) is -1.34. The number of carboxylic acid groups (broad SMARTS) is 1. The highest BCUT2D eigenvalue weighted by Crippen LogP contribution is 2.22. The molecule has 0 saturated carbocycles. The van der Waals surface area contributed by atoms with E-state index in [1.54, 1.807) is 45.9 Å². The summed E-state index contributed by atoms with van der Waals surface area (Å²) in [6.45, 7) is 6.95. The van der Waals surface area contributed by atoms with Crippen LogP contribution in [0, 0.1) is 6.92 Å². The molecule has 0 aliphatic heterocycles. The van der Waals surface area contributed by atoms with Crippen LogP contribution in [-0.2, 0) is 9.53 Å². The van der Waals surface area contributed by atoms with E-state index in [2.05, 4.69) is 15.3 Å². The summed E-state index contributed by atoms with van der Waals surface area (Å²) < 4.78 is 5.17. The molecule has 2 N–H and O–H groups in total. The number of ether oxygens (including phenoxy) is 1. The van der Waals surface area contributed by atoms with Crippen molar-refractivity contribution in [3.63, 3.8) is 0 Å². The van der Waals surface area contributed by atoms with Gasteiger partial charge in [0.15, 0.2) is 0 Å². The summed E-state index contributed by atoms with van der Waals surface area (Å²) in [7, 11) is 0. The lowest BCUT2D eigenvalue weighted by atomic mass is 10.1. The minimum atomic E-state index is -1.34. The number of carbonyl (C=O) groups is 2. The minimum Gasteiger partial charge on any atom is -0.478 e. The lowest BCUT2D eigenvalue weighted by Gasteiger charge is -2.20. The van der Waals surface area contributed by atoms with Gasteiger partial charge in [-0.1, -0.05) is 17.2 Å². The van der Waals surface area contributed by atoms with E-state index < -0.39 is 23.4 Å². The van der Waals surface area contributed by atoms with Crippen molar-refractivity contribution in [1.82, 2.24) is 0 Å². The largest absolute Gasteiger partial charge is 0.478 e. The quantitative estimate of drug-likeness (QED) is 0.375. The maximum atomic E-state index is 11.8. The van der Waals surface area contributed by atoms with Gasteiger partial charge in [0.1, 0.15) is 11.3 Å². The van der Waals surface area contributed by atoms with Crippen LogP contribution in [0.2, 0.25) is 0 Å². The lowest BCUT2D eigenvalue weighted by molar-refractivity contribution is -0.132. The number of carboxylic acids is 1. The molecule has 0 bridgehead atoms. The highest BCUT2D eigenvalue weighted by molar-refractivity contribution is 5.93. The Labute approximate surface area is 133 Å². The molecular weight excluding hydrogens is 300 g/mol. The molecule has 8 nitrogen and oxygen atoms in total. The molecule has 23 heavy (non-hydrogen) atoms. The Morgan fingerprint density at radius 3 is 2.57 bits per heavy atom. The molecule has 0 radical (unpaired) electrons. The first kappa shape index (κ1) is 18.1. The van der Waals surface area contributed by atoms with Gasteiger partial charge in [0.05, 0.1) is 0 Å². The molecule has 0 spiro atoms. The molecular formula is C15H18N4O4. The third-order valence-electron chi connectivity index (χ3n) is 2.68. The van der Waals surface area contributed by atoms with Gasteiger partial charge in [0.25, 0.3) is 0 Å². The predicted octanol–water partition coefficient (Wildman–Crippen LogP) is 4.08. The second-order valence-electron chi connectivity index (χ2n) is 5.67. The van der Waals surface area contributed by atoms with E-state index >= 15 is 0 Å². The molecule has 0 aliphatic rings. The van der Waals surface area contributed by atoms with Crippen LogP contribution in [0.3, 0.4) is 0 Å². The number of azide groups is 1. The zero-order valence-electron chi connectivity index (χ0n) is 13.3. The van der Waals surface area contributed by atoms with Crippen LogP contribution in [0.15, 0.2) is 29.0 Å². The number of hydrogen-bond acceptors (Lipinski definition) is 4. The monoisotopic (exact) mass is 318 g/mol. The maximum absolute atomic E-state index is 11.8. The molecule has 0 fully saturated rings. The number of hydrogen-bond donors (Lipinski definition) is 2. The topological polar surface area (TPSA) is 124 Å². The summed E-state index contributed by atoms with van der Waals surface area (Å²) in [6, 6.07) is 4.94. The molecule has 1 aromatic carbocycles. The summed E-state index contributed by atoms with van der Waals surface area (Å²) in [5.41, 5.74) is 8.91. The highest BCUT2D eigenvalue weighted by atomic mass is 16.6. The van der Waals surface area contributed by atoms with Gasteiger partial charge in [-0.15, -0.1) is 0 Å². The molecule has 122 valence electrons. The number of anilines is 1. The molecule has 0 aliphatic carbocycles. The van der Waals surface area contributed by atoms with Crippen LogP contribution >= 0.6 is 0 Å². The second-order valence-corrected chi connectivity index (χ2v) is 5.67. The summed E-state index contributed by atoms with van der Waals surface area (Å²) >= 11 is 0. The molecule has 0 atom stereocenters. The van der Waals surface area contributed by atoms with Gasteiger partial charge < -0.3 is 9.84 Å². The van der Waals surface area contributed by atoms with E-state index in [1.807, 2.05) is 0 Å². The Bertz CT molecular complexity index is 694. The van der Waals surface area contributed by atoms with E-state index in [-0.39, 0.29) is 0 Å². The Balaban J connectivity index is 3.12.